The van der Waals surface area contributed by atoms with Gasteiger partial charge in [-0.05, 0) is 24.2 Å². The molecular weight excluding hydrogens is 260 g/mol. The van der Waals surface area contributed by atoms with Crippen LogP contribution in [0.4, 0.5) is 0 Å². The van der Waals surface area contributed by atoms with Gasteiger partial charge in [0, 0.05) is 25.0 Å². The number of amides is 1. The number of nitrogens with two attached hydrogens (primary N) is 1. The molecule has 0 bridgehead atoms. The Morgan fingerprint density at radius 1 is 1.40 bits per heavy atom. The number of aliphatic carboxylic acids is 1. The van der Waals surface area contributed by atoms with Crippen molar-refractivity contribution in [1.29, 1.82) is 0 Å². The summed E-state index contributed by atoms with van der Waals surface area (Å²) in [5.41, 5.74) is 5.78. The predicted octanol–water partition coefficient (Wildman–Crippen LogP) is 0.338. The first-order valence-electron chi connectivity index (χ1n) is 7.11. The second-order valence-corrected chi connectivity index (χ2v) is 6.32. The van der Waals surface area contributed by atoms with Crippen LogP contribution in [-0.2, 0) is 9.59 Å². The summed E-state index contributed by atoms with van der Waals surface area (Å²) in [7, 11) is 0. The molecule has 6 nitrogen and oxygen atoms in total. The first-order chi connectivity index (χ1) is 9.21. The molecule has 0 aromatic carbocycles. The van der Waals surface area contributed by atoms with Crippen LogP contribution in [0, 0.1) is 17.3 Å². The van der Waals surface area contributed by atoms with E-state index in [1.807, 2.05) is 20.8 Å². The number of carboxylic acid groups (broad SMARTS) is 1. The van der Waals surface area contributed by atoms with Crippen LogP contribution in [0.3, 0.4) is 0 Å². The molecular formula is C14H26N2O4. The summed E-state index contributed by atoms with van der Waals surface area (Å²) in [5.74, 6) is -1.44. The Balaban J connectivity index is 2.78. The van der Waals surface area contributed by atoms with E-state index in [0.717, 1.165) is 6.42 Å². The molecule has 6 heteroatoms. The summed E-state index contributed by atoms with van der Waals surface area (Å²) in [4.78, 5) is 23.4. The highest BCUT2D eigenvalue weighted by Gasteiger charge is 2.45. The molecule has 1 aliphatic rings. The maximum atomic E-state index is 12.4. The van der Waals surface area contributed by atoms with E-state index >= 15 is 0 Å². The number of aliphatic hydroxyl groups excluding tert-OH is 1. The SMILES string of the molecule is CC1C(N)CCC(C(=O)NC(CCO)C(=O)O)C1(C)C. The molecule has 1 aliphatic carbocycles. The van der Waals surface area contributed by atoms with Gasteiger partial charge in [0.05, 0.1) is 0 Å². The molecule has 4 unspecified atom stereocenters. The van der Waals surface area contributed by atoms with E-state index in [0.29, 0.717) is 6.42 Å². The zero-order valence-electron chi connectivity index (χ0n) is 12.4. The van der Waals surface area contributed by atoms with Gasteiger partial charge in [-0.25, -0.2) is 4.79 Å². The van der Waals surface area contributed by atoms with E-state index in [4.69, 9.17) is 15.9 Å². The molecule has 0 radical (unpaired) electrons. The number of nitrogens with one attached hydrogen (secondary N) is 1. The number of carboxylic acids is 1. The topological polar surface area (TPSA) is 113 Å². The second-order valence-electron chi connectivity index (χ2n) is 6.32. The largest absolute Gasteiger partial charge is 0.480 e. The van der Waals surface area contributed by atoms with Crippen molar-refractivity contribution in [3.05, 3.63) is 0 Å². The molecule has 1 fully saturated rings. The smallest absolute Gasteiger partial charge is 0.326 e. The van der Waals surface area contributed by atoms with Gasteiger partial charge in [-0.1, -0.05) is 20.8 Å². The van der Waals surface area contributed by atoms with Gasteiger partial charge in [-0.15, -0.1) is 0 Å². The number of hydrogen-bond acceptors (Lipinski definition) is 4. The summed E-state index contributed by atoms with van der Waals surface area (Å²) in [5, 5.41) is 20.4. The molecule has 0 heterocycles. The van der Waals surface area contributed by atoms with Gasteiger partial charge in [0.15, 0.2) is 0 Å². The molecule has 0 aromatic heterocycles. The Hall–Kier alpha value is -1.14. The van der Waals surface area contributed by atoms with Crippen LogP contribution < -0.4 is 11.1 Å². The Morgan fingerprint density at radius 3 is 2.50 bits per heavy atom. The lowest BCUT2D eigenvalue weighted by Crippen LogP contribution is -2.54. The molecule has 116 valence electrons. The predicted molar refractivity (Wildman–Crippen MR) is 74.9 cm³/mol. The molecule has 20 heavy (non-hydrogen) atoms. The first-order valence-corrected chi connectivity index (χ1v) is 7.11. The van der Waals surface area contributed by atoms with Gasteiger partial charge in [-0.3, -0.25) is 4.79 Å². The van der Waals surface area contributed by atoms with Crippen molar-refractivity contribution >= 4 is 11.9 Å². The minimum atomic E-state index is -1.12. The molecule has 0 aliphatic heterocycles. The molecule has 4 atom stereocenters. The Kier molecular flexibility index (Phi) is 5.53. The number of carbonyl (C=O) groups is 2. The van der Waals surface area contributed by atoms with Crippen LogP contribution in [0.25, 0.3) is 0 Å². The number of carbonyl (C=O) groups excluding carboxylic acids is 1. The summed E-state index contributed by atoms with van der Waals surface area (Å²) in [6.07, 6.45) is 1.44. The van der Waals surface area contributed by atoms with Crippen molar-refractivity contribution in [3.8, 4) is 0 Å². The van der Waals surface area contributed by atoms with Crippen LogP contribution in [0.2, 0.25) is 0 Å². The maximum absolute atomic E-state index is 12.4. The minimum absolute atomic E-state index is 0.0172. The fourth-order valence-corrected chi connectivity index (χ4v) is 2.98. The number of aliphatic hydroxyl groups is 1. The van der Waals surface area contributed by atoms with E-state index in [1.54, 1.807) is 0 Å². The van der Waals surface area contributed by atoms with Crippen LogP contribution in [0.5, 0.6) is 0 Å². The zero-order chi connectivity index (χ0) is 15.5. The Labute approximate surface area is 119 Å². The van der Waals surface area contributed by atoms with Gasteiger partial charge < -0.3 is 21.3 Å². The number of hydrogen-bond donors (Lipinski definition) is 4. The fraction of sp³-hybridized carbons (Fsp3) is 0.857. The first kappa shape index (κ1) is 16.9. The third-order valence-electron chi connectivity index (χ3n) is 4.85. The lowest BCUT2D eigenvalue weighted by Gasteiger charge is -2.46. The number of rotatable bonds is 5. The highest BCUT2D eigenvalue weighted by atomic mass is 16.4. The minimum Gasteiger partial charge on any atom is -0.480 e. The normalized spacial score (nSPS) is 30.6. The van der Waals surface area contributed by atoms with Crippen LogP contribution in [0.1, 0.15) is 40.0 Å². The lowest BCUT2D eigenvalue weighted by atomic mass is 9.61. The maximum Gasteiger partial charge on any atom is 0.326 e. The van der Waals surface area contributed by atoms with E-state index < -0.39 is 12.0 Å². The van der Waals surface area contributed by atoms with Crippen molar-refractivity contribution in [2.24, 2.45) is 23.0 Å². The Bertz CT molecular complexity index is 370. The highest BCUT2D eigenvalue weighted by Crippen LogP contribution is 2.44. The van der Waals surface area contributed by atoms with Crippen LogP contribution in [-0.4, -0.2) is 40.8 Å². The average molecular weight is 286 g/mol. The monoisotopic (exact) mass is 286 g/mol. The molecule has 1 rings (SSSR count). The fourth-order valence-electron chi connectivity index (χ4n) is 2.98. The van der Waals surface area contributed by atoms with Crippen molar-refractivity contribution < 1.29 is 19.8 Å². The second kappa shape index (κ2) is 6.54. The van der Waals surface area contributed by atoms with Gasteiger partial charge in [0.2, 0.25) is 5.91 Å². The van der Waals surface area contributed by atoms with E-state index in [9.17, 15) is 9.59 Å². The third kappa shape index (κ3) is 3.49. The highest BCUT2D eigenvalue weighted by molar-refractivity contribution is 5.85. The van der Waals surface area contributed by atoms with Gasteiger partial charge >= 0.3 is 5.97 Å². The van der Waals surface area contributed by atoms with Crippen molar-refractivity contribution in [2.45, 2.75) is 52.1 Å². The Morgan fingerprint density at radius 2 is 2.00 bits per heavy atom. The summed E-state index contributed by atoms with van der Waals surface area (Å²) in [6, 6.07) is -0.962. The molecule has 1 saturated carbocycles. The van der Waals surface area contributed by atoms with Gasteiger partial charge in [-0.2, -0.15) is 0 Å². The summed E-state index contributed by atoms with van der Waals surface area (Å²) < 4.78 is 0. The van der Waals surface area contributed by atoms with Crippen molar-refractivity contribution in [1.82, 2.24) is 5.32 Å². The molecule has 0 spiro atoms. The molecule has 0 saturated heterocycles. The summed E-state index contributed by atoms with van der Waals surface area (Å²) in [6.45, 7) is 5.77. The lowest BCUT2D eigenvalue weighted by molar-refractivity contribution is -0.144. The molecule has 0 aromatic rings. The van der Waals surface area contributed by atoms with Crippen LogP contribution in [0.15, 0.2) is 0 Å². The van der Waals surface area contributed by atoms with E-state index in [2.05, 4.69) is 5.32 Å². The zero-order valence-corrected chi connectivity index (χ0v) is 12.4. The van der Waals surface area contributed by atoms with Gasteiger partial charge in [0.1, 0.15) is 6.04 Å². The van der Waals surface area contributed by atoms with Gasteiger partial charge in [0.25, 0.3) is 0 Å². The standard InChI is InChI=1S/C14H26N2O4/c1-8-10(15)5-4-9(14(8,2)3)12(18)16-11(6-7-17)13(19)20/h8-11,17H,4-7,15H2,1-3H3,(H,16,18)(H,19,20). The molecule has 1 amide bonds. The van der Waals surface area contributed by atoms with Crippen LogP contribution >= 0.6 is 0 Å². The van der Waals surface area contributed by atoms with Crippen molar-refractivity contribution in [2.75, 3.05) is 6.61 Å². The molecule has 5 N–H and O–H groups in total. The summed E-state index contributed by atoms with van der Waals surface area (Å²) >= 11 is 0. The van der Waals surface area contributed by atoms with E-state index in [1.165, 1.54) is 0 Å². The average Bonchev–Trinajstić information content (AvgIpc) is 2.35. The quantitative estimate of drug-likeness (QED) is 0.582. The van der Waals surface area contributed by atoms with Crippen molar-refractivity contribution in [3.63, 3.8) is 0 Å². The van der Waals surface area contributed by atoms with E-state index in [-0.39, 0.29) is 42.2 Å². The third-order valence-corrected chi connectivity index (χ3v) is 4.85.